The molecule has 9 heteroatoms. The molecular formula is C21H23N5O3S. The summed E-state index contributed by atoms with van der Waals surface area (Å²) in [5.41, 5.74) is 2.03. The molecule has 1 aromatic heterocycles. The van der Waals surface area contributed by atoms with E-state index in [1.165, 1.54) is 18.9 Å². The maximum absolute atomic E-state index is 12.1. The number of amides is 3. The Morgan fingerprint density at radius 2 is 1.73 bits per heavy atom. The summed E-state index contributed by atoms with van der Waals surface area (Å²) in [6.07, 6.45) is 0.609. The van der Waals surface area contributed by atoms with Crippen LogP contribution in [-0.4, -0.2) is 52.7 Å². The highest BCUT2D eigenvalue weighted by molar-refractivity contribution is 7.99. The highest BCUT2D eigenvalue weighted by Gasteiger charge is 2.17. The molecule has 1 heterocycles. The number of imide groups is 1. The molecule has 0 radical (unpaired) electrons. The number of rotatable bonds is 9. The van der Waals surface area contributed by atoms with Crippen molar-refractivity contribution in [2.75, 3.05) is 26.0 Å². The standard InChI is InChI=1S/C21H23N5O3S/c1-29-13-12-22-20(28)23-19(27)15-30-21-25-24-18(14-16-8-4-2-5-9-16)26(21)17-10-6-3-7-11-17/h2-11H,12-15H2,1H3,(H2,22,23,27,28). The smallest absolute Gasteiger partial charge is 0.321 e. The molecule has 0 unspecified atom stereocenters. The highest BCUT2D eigenvalue weighted by atomic mass is 32.2. The van der Waals surface area contributed by atoms with Gasteiger partial charge >= 0.3 is 6.03 Å². The number of urea groups is 1. The van der Waals surface area contributed by atoms with Gasteiger partial charge in [0.1, 0.15) is 5.82 Å². The number of thioether (sulfide) groups is 1. The van der Waals surface area contributed by atoms with E-state index in [9.17, 15) is 9.59 Å². The summed E-state index contributed by atoms with van der Waals surface area (Å²) >= 11 is 1.22. The summed E-state index contributed by atoms with van der Waals surface area (Å²) in [4.78, 5) is 23.8. The predicted octanol–water partition coefficient (Wildman–Crippen LogP) is 2.42. The molecule has 2 aromatic carbocycles. The first-order valence-corrected chi connectivity index (χ1v) is 10.4. The first-order chi connectivity index (χ1) is 14.7. The van der Waals surface area contributed by atoms with E-state index in [1.807, 2.05) is 65.2 Å². The summed E-state index contributed by atoms with van der Waals surface area (Å²) in [5.74, 6) is 0.392. The zero-order valence-electron chi connectivity index (χ0n) is 16.6. The second kappa shape index (κ2) is 11.1. The molecule has 0 spiro atoms. The molecule has 3 aromatic rings. The lowest BCUT2D eigenvalue weighted by atomic mass is 10.1. The van der Waals surface area contributed by atoms with Crippen molar-refractivity contribution in [2.24, 2.45) is 0 Å². The second-order valence-corrected chi connectivity index (χ2v) is 7.26. The van der Waals surface area contributed by atoms with Crippen molar-refractivity contribution in [3.63, 3.8) is 0 Å². The normalized spacial score (nSPS) is 10.6. The molecule has 30 heavy (non-hydrogen) atoms. The van der Waals surface area contributed by atoms with Crippen molar-refractivity contribution < 1.29 is 14.3 Å². The van der Waals surface area contributed by atoms with E-state index < -0.39 is 11.9 Å². The van der Waals surface area contributed by atoms with Crippen molar-refractivity contribution in [1.29, 1.82) is 0 Å². The van der Waals surface area contributed by atoms with E-state index >= 15 is 0 Å². The van der Waals surface area contributed by atoms with Crippen LogP contribution in [0.15, 0.2) is 65.8 Å². The molecule has 0 aliphatic rings. The number of nitrogens with one attached hydrogen (secondary N) is 2. The summed E-state index contributed by atoms with van der Waals surface area (Å²) in [6, 6.07) is 19.2. The molecule has 0 aliphatic heterocycles. The van der Waals surface area contributed by atoms with Gasteiger partial charge in [-0.3, -0.25) is 14.7 Å². The Kier molecular flexibility index (Phi) is 7.99. The van der Waals surface area contributed by atoms with Crippen molar-refractivity contribution >= 4 is 23.7 Å². The summed E-state index contributed by atoms with van der Waals surface area (Å²) in [5, 5.41) is 14.0. The predicted molar refractivity (Wildman–Crippen MR) is 115 cm³/mol. The third kappa shape index (κ3) is 6.16. The maximum Gasteiger partial charge on any atom is 0.321 e. The number of aromatic nitrogens is 3. The lowest BCUT2D eigenvalue weighted by Crippen LogP contribution is -2.41. The van der Waals surface area contributed by atoms with Gasteiger partial charge in [-0.25, -0.2) is 4.79 Å². The minimum atomic E-state index is -0.549. The van der Waals surface area contributed by atoms with E-state index in [1.54, 1.807) is 0 Å². The first-order valence-electron chi connectivity index (χ1n) is 9.40. The van der Waals surface area contributed by atoms with Crippen LogP contribution in [0.3, 0.4) is 0 Å². The number of benzene rings is 2. The van der Waals surface area contributed by atoms with Gasteiger partial charge in [-0.1, -0.05) is 60.3 Å². The van der Waals surface area contributed by atoms with Gasteiger partial charge in [0, 0.05) is 25.8 Å². The van der Waals surface area contributed by atoms with Gasteiger partial charge in [-0.15, -0.1) is 10.2 Å². The first kappa shape index (κ1) is 21.5. The zero-order chi connectivity index (χ0) is 21.2. The minimum Gasteiger partial charge on any atom is -0.383 e. The molecule has 3 rings (SSSR count). The highest BCUT2D eigenvalue weighted by Crippen LogP contribution is 2.23. The van der Waals surface area contributed by atoms with E-state index in [2.05, 4.69) is 20.8 Å². The number of hydrogen-bond donors (Lipinski definition) is 2. The summed E-state index contributed by atoms with van der Waals surface area (Å²) in [6.45, 7) is 0.703. The molecule has 0 fully saturated rings. The van der Waals surface area contributed by atoms with Crippen LogP contribution in [0.1, 0.15) is 11.4 Å². The number of nitrogens with zero attached hydrogens (tertiary/aromatic N) is 3. The quantitative estimate of drug-likeness (QED) is 0.404. The van der Waals surface area contributed by atoms with Crippen LogP contribution in [0.4, 0.5) is 4.79 Å². The fourth-order valence-electron chi connectivity index (χ4n) is 2.73. The van der Waals surface area contributed by atoms with E-state index in [-0.39, 0.29) is 5.75 Å². The second-order valence-electron chi connectivity index (χ2n) is 6.32. The van der Waals surface area contributed by atoms with Crippen molar-refractivity contribution in [2.45, 2.75) is 11.6 Å². The number of carbonyl (C=O) groups excluding carboxylic acids is 2. The summed E-state index contributed by atoms with van der Waals surface area (Å²) in [7, 11) is 1.54. The van der Waals surface area contributed by atoms with Crippen molar-refractivity contribution in [1.82, 2.24) is 25.4 Å². The monoisotopic (exact) mass is 425 g/mol. The fraction of sp³-hybridized carbons (Fsp3) is 0.238. The molecule has 0 aliphatic carbocycles. The SMILES string of the molecule is COCCNC(=O)NC(=O)CSc1nnc(Cc2ccccc2)n1-c1ccccc1. The molecule has 0 saturated carbocycles. The lowest BCUT2D eigenvalue weighted by Gasteiger charge is -2.10. The molecule has 156 valence electrons. The number of ether oxygens (including phenoxy) is 1. The van der Waals surface area contributed by atoms with Crippen LogP contribution in [-0.2, 0) is 16.0 Å². The molecule has 0 atom stereocenters. The molecule has 3 amide bonds. The molecule has 8 nitrogen and oxygen atoms in total. The topological polar surface area (TPSA) is 98.1 Å². The van der Waals surface area contributed by atoms with Crippen LogP contribution in [0.25, 0.3) is 5.69 Å². The van der Waals surface area contributed by atoms with Crippen LogP contribution in [0.5, 0.6) is 0 Å². The van der Waals surface area contributed by atoms with Crippen molar-refractivity contribution in [3.05, 3.63) is 72.1 Å². The van der Waals surface area contributed by atoms with Gasteiger partial charge in [0.25, 0.3) is 0 Å². The van der Waals surface area contributed by atoms with Gasteiger partial charge in [-0.2, -0.15) is 0 Å². The third-order valence-corrected chi connectivity index (χ3v) is 5.03. The molecular weight excluding hydrogens is 402 g/mol. The van der Waals surface area contributed by atoms with Crippen LogP contribution >= 0.6 is 11.8 Å². The van der Waals surface area contributed by atoms with Gasteiger partial charge in [0.2, 0.25) is 5.91 Å². The van der Waals surface area contributed by atoms with E-state index in [0.29, 0.717) is 24.7 Å². The molecule has 0 bridgehead atoms. The van der Waals surface area contributed by atoms with Crippen LogP contribution in [0.2, 0.25) is 0 Å². The summed E-state index contributed by atoms with van der Waals surface area (Å²) < 4.78 is 6.79. The Balaban J connectivity index is 1.70. The Morgan fingerprint density at radius 1 is 1.03 bits per heavy atom. The fourth-order valence-corrected chi connectivity index (χ4v) is 3.50. The van der Waals surface area contributed by atoms with Gasteiger partial charge in [-0.05, 0) is 17.7 Å². The van der Waals surface area contributed by atoms with Crippen LogP contribution in [0, 0.1) is 0 Å². The Bertz CT molecular complexity index is 963. The molecule has 0 saturated heterocycles. The Labute approximate surface area is 179 Å². The van der Waals surface area contributed by atoms with Crippen LogP contribution < -0.4 is 10.6 Å². The maximum atomic E-state index is 12.1. The number of carbonyl (C=O) groups is 2. The average Bonchev–Trinajstić information content (AvgIpc) is 3.16. The van der Waals surface area contributed by atoms with Crippen molar-refractivity contribution in [3.8, 4) is 5.69 Å². The van der Waals surface area contributed by atoms with E-state index in [4.69, 9.17) is 4.74 Å². The molecule has 2 N–H and O–H groups in total. The minimum absolute atomic E-state index is 0.0357. The lowest BCUT2D eigenvalue weighted by molar-refractivity contribution is -0.117. The number of hydrogen-bond acceptors (Lipinski definition) is 6. The van der Waals surface area contributed by atoms with Gasteiger partial charge < -0.3 is 10.1 Å². The van der Waals surface area contributed by atoms with Gasteiger partial charge in [0.15, 0.2) is 5.16 Å². The third-order valence-electron chi connectivity index (χ3n) is 4.10. The number of para-hydroxylation sites is 1. The Morgan fingerprint density at radius 3 is 2.43 bits per heavy atom. The van der Waals surface area contributed by atoms with E-state index in [0.717, 1.165) is 17.1 Å². The largest absolute Gasteiger partial charge is 0.383 e. The average molecular weight is 426 g/mol. The zero-order valence-corrected chi connectivity index (χ0v) is 17.4. The number of methoxy groups -OCH3 is 1. The van der Waals surface area contributed by atoms with Gasteiger partial charge in [0.05, 0.1) is 12.4 Å². The Hall–Kier alpha value is -3.17.